The Morgan fingerprint density at radius 3 is 2.80 bits per heavy atom. The highest BCUT2D eigenvalue weighted by Gasteiger charge is 2.17. The molecular weight excluding hydrogens is 334 g/mol. The summed E-state index contributed by atoms with van der Waals surface area (Å²) >= 11 is 1.60. The van der Waals surface area contributed by atoms with Gasteiger partial charge in [-0.25, -0.2) is 0 Å². The van der Waals surface area contributed by atoms with Gasteiger partial charge < -0.3 is 15.2 Å². The van der Waals surface area contributed by atoms with Gasteiger partial charge in [-0.1, -0.05) is 24.3 Å². The first-order valence-electron chi connectivity index (χ1n) is 8.29. The lowest BCUT2D eigenvalue weighted by Gasteiger charge is -2.20. The quantitative estimate of drug-likeness (QED) is 0.684. The van der Waals surface area contributed by atoms with Gasteiger partial charge in [0.1, 0.15) is 0 Å². The molecule has 0 fully saturated rings. The SMILES string of the molecule is CCN(CC(=O)NCc1cccs1)C(=O)Cc1c[nH]c2ccccc12. The normalized spacial score (nSPS) is 10.8. The van der Waals surface area contributed by atoms with E-state index in [0.717, 1.165) is 21.3 Å². The fraction of sp³-hybridized carbons (Fsp3) is 0.263. The lowest BCUT2D eigenvalue weighted by molar-refractivity contribution is -0.135. The molecule has 130 valence electrons. The minimum atomic E-state index is -0.137. The number of carbonyl (C=O) groups excluding carboxylic acids is 2. The molecule has 0 unspecified atom stereocenters. The number of rotatable bonds is 7. The molecule has 0 bridgehead atoms. The zero-order valence-corrected chi connectivity index (χ0v) is 14.9. The Kier molecular flexibility index (Phi) is 5.50. The third kappa shape index (κ3) is 4.28. The first kappa shape index (κ1) is 17.2. The molecule has 2 aromatic heterocycles. The summed E-state index contributed by atoms with van der Waals surface area (Å²) in [6.45, 7) is 2.99. The van der Waals surface area contributed by atoms with Crippen molar-refractivity contribution in [1.29, 1.82) is 0 Å². The first-order chi connectivity index (χ1) is 12.2. The number of fused-ring (bicyclic) bond motifs is 1. The zero-order chi connectivity index (χ0) is 17.6. The van der Waals surface area contributed by atoms with Crippen LogP contribution in [0, 0.1) is 0 Å². The number of thiophene rings is 1. The van der Waals surface area contributed by atoms with Crippen molar-refractivity contribution >= 4 is 34.1 Å². The number of hydrogen-bond donors (Lipinski definition) is 2. The van der Waals surface area contributed by atoms with E-state index in [4.69, 9.17) is 0 Å². The monoisotopic (exact) mass is 355 g/mol. The van der Waals surface area contributed by atoms with Crippen molar-refractivity contribution in [2.75, 3.05) is 13.1 Å². The number of nitrogens with zero attached hydrogens (tertiary/aromatic N) is 1. The molecule has 0 aliphatic rings. The summed E-state index contributed by atoms with van der Waals surface area (Å²) in [6.07, 6.45) is 2.16. The smallest absolute Gasteiger partial charge is 0.239 e. The molecule has 0 spiro atoms. The summed E-state index contributed by atoms with van der Waals surface area (Å²) in [7, 11) is 0. The highest BCUT2D eigenvalue weighted by atomic mass is 32.1. The van der Waals surface area contributed by atoms with Crippen LogP contribution >= 0.6 is 11.3 Å². The van der Waals surface area contributed by atoms with E-state index in [9.17, 15) is 9.59 Å². The average molecular weight is 355 g/mol. The molecule has 2 amide bonds. The molecule has 3 rings (SSSR count). The predicted octanol–water partition coefficient (Wildman–Crippen LogP) is 2.94. The number of para-hydroxylation sites is 1. The number of aromatic amines is 1. The van der Waals surface area contributed by atoms with Crippen LogP contribution in [0.5, 0.6) is 0 Å². The molecule has 0 radical (unpaired) electrons. The molecular formula is C19H21N3O2S. The molecule has 2 N–H and O–H groups in total. The minimum absolute atomic E-state index is 0.0430. The molecule has 0 atom stereocenters. The van der Waals surface area contributed by atoms with Crippen molar-refractivity contribution in [2.24, 2.45) is 0 Å². The van der Waals surface area contributed by atoms with E-state index < -0.39 is 0 Å². The van der Waals surface area contributed by atoms with Crippen molar-refractivity contribution in [3.8, 4) is 0 Å². The topological polar surface area (TPSA) is 65.2 Å². The zero-order valence-electron chi connectivity index (χ0n) is 14.1. The van der Waals surface area contributed by atoms with E-state index in [-0.39, 0.29) is 24.8 Å². The highest BCUT2D eigenvalue weighted by Crippen LogP contribution is 2.18. The summed E-state index contributed by atoms with van der Waals surface area (Å²) in [5.74, 6) is -0.180. The average Bonchev–Trinajstić information content (AvgIpc) is 3.28. The predicted molar refractivity (Wildman–Crippen MR) is 100 cm³/mol. The van der Waals surface area contributed by atoms with Gasteiger partial charge in [-0.15, -0.1) is 11.3 Å². The fourth-order valence-corrected chi connectivity index (χ4v) is 3.40. The van der Waals surface area contributed by atoms with Crippen molar-refractivity contribution < 1.29 is 9.59 Å². The van der Waals surface area contributed by atoms with Crippen LogP contribution in [0.4, 0.5) is 0 Å². The minimum Gasteiger partial charge on any atom is -0.361 e. The Morgan fingerprint density at radius 2 is 2.04 bits per heavy atom. The van der Waals surface area contributed by atoms with E-state index in [1.165, 1.54) is 0 Å². The number of benzene rings is 1. The highest BCUT2D eigenvalue weighted by molar-refractivity contribution is 7.09. The standard InChI is InChI=1S/C19H21N3O2S/c1-2-22(13-18(23)21-12-15-6-5-9-25-15)19(24)10-14-11-20-17-8-4-3-7-16(14)17/h3-9,11,20H,2,10,12-13H2,1H3,(H,21,23). The molecule has 0 aliphatic carbocycles. The van der Waals surface area contributed by atoms with Crippen LogP contribution in [0.2, 0.25) is 0 Å². The van der Waals surface area contributed by atoms with Crippen molar-refractivity contribution in [2.45, 2.75) is 19.9 Å². The van der Waals surface area contributed by atoms with Gasteiger partial charge in [-0.3, -0.25) is 9.59 Å². The first-order valence-corrected chi connectivity index (χ1v) is 9.17. The van der Waals surface area contributed by atoms with Crippen LogP contribution < -0.4 is 5.32 Å². The van der Waals surface area contributed by atoms with E-state index in [2.05, 4.69) is 10.3 Å². The summed E-state index contributed by atoms with van der Waals surface area (Å²) in [5, 5.41) is 5.89. The molecule has 3 aromatic rings. The van der Waals surface area contributed by atoms with Crippen LogP contribution in [-0.4, -0.2) is 34.8 Å². The molecule has 0 aliphatic heterocycles. The second-order valence-electron chi connectivity index (χ2n) is 5.80. The summed E-state index contributed by atoms with van der Waals surface area (Å²) in [4.78, 5) is 30.6. The van der Waals surface area contributed by atoms with Crippen molar-refractivity contribution in [1.82, 2.24) is 15.2 Å². The maximum atomic E-state index is 12.6. The number of amides is 2. The van der Waals surface area contributed by atoms with Gasteiger partial charge in [0.15, 0.2) is 0 Å². The van der Waals surface area contributed by atoms with Crippen LogP contribution in [0.15, 0.2) is 48.0 Å². The number of hydrogen-bond acceptors (Lipinski definition) is 3. The molecule has 2 heterocycles. The third-order valence-corrected chi connectivity index (χ3v) is 5.00. The number of carbonyl (C=O) groups is 2. The Hall–Kier alpha value is -2.60. The van der Waals surface area contributed by atoms with Crippen molar-refractivity contribution in [3.05, 3.63) is 58.4 Å². The van der Waals surface area contributed by atoms with Gasteiger partial charge in [-0.2, -0.15) is 0 Å². The summed E-state index contributed by atoms with van der Waals surface area (Å²) < 4.78 is 0. The third-order valence-electron chi connectivity index (χ3n) is 4.13. The molecule has 6 heteroatoms. The molecule has 1 aromatic carbocycles. The van der Waals surface area contributed by atoms with E-state index >= 15 is 0 Å². The van der Waals surface area contributed by atoms with E-state index in [1.54, 1.807) is 16.2 Å². The van der Waals surface area contributed by atoms with Crippen LogP contribution in [-0.2, 0) is 22.6 Å². The summed E-state index contributed by atoms with van der Waals surface area (Å²) in [5.41, 5.74) is 1.97. The molecule has 0 saturated carbocycles. The Labute approximate surface area is 150 Å². The fourth-order valence-electron chi connectivity index (χ4n) is 2.76. The molecule has 5 nitrogen and oxygen atoms in total. The maximum Gasteiger partial charge on any atom is 0.239 e. The van der Waals surface area contributed by atoms with Crippen molar-refractivity contribution in [3.63, 3.8) is 0 Å². The van der Waals surface area contributed by atoms with E-state index in [1.807, 2.05) is 54.9 Å². The number of H-pyrrole nitrogens is 1. The van der Waals surface area contributed by atoms with Crippen LogP contribution in [0.3, 0.4) is 0 Å². The molecule has 0 saturated heterocycles. The van der Waals surface area contributed by atoms with Gasteiger partial charge in [-0.05, 0) is 30.0 Å². The molecule has 25 heavy (non-hydrogen) atoms. The summed E-state index contributed by atoms with van der Waals surface area (Å²) in [6, 6.07) is 11.8. The Morgan fingerprint density at radius 1 is 1.20 bits per heavy atom. The van der Waals surface area contributed by atoms with Gasteiger partial charge in [0.05, 0.1) is 19.5 Å². The van der Waals surface area contributed by atoms with Gasteiger partial charge in [0.2, 0.25) is 11.8 Å². The van der Waals surface area contributed by atoms with Crippen LogP contribution in [0.25, 0.3) is 10.9 Å². The van der Waals surface area contributed by atoms with Crippen LogP contribution in [0.1, 0.15) is 17.4 Å². The number of aromatic nitrogens is 1. The Balaban J connectivity index is 1.58. The largest absolute Gasteiger partial charge is 0.361 e. The lowest BCUT2D eigenvalue weighted by Crippen LogP contribution is -2.41. The second-order valence-corrected chi connectivity index (χ2v) is 6.83. The Bertz CT molecular complexity index is 855. The second kappa shape index (κ2) is 7.98. The van der Waals surface area contributed by atoms with Gasteiger partial charge in [0.25, 0.3) is 0 Å². The van der Waals surface area contributed by atoms with E-state index in [0.29, 0.717) is 13.1 Å². The maximum absolute atomic E-state index is 12.6. The number of nitrogens with one attached hydrogen (secondary N) is 2. The van der Waals surface area contributed by atoms with Gasteiger partial charge in [0, 0.05) is 28.5 Å². The lowest BCUT2D eigenvalue weighted by atomic mass is 10.1. The number of likely N-dealkylation sites (N-methyl/N-ethyl adjacent to an activating group) is 1. The van der Waals surface area contributed by atoms with Gasteiger partial charge >= 0.3 is 0 Å².